The highest BCUT2D eigenvalue weighted by molar-refractivity contribution is 5.79. The third-order valence-electron chi connectivity index (χ3n) is 3.21. The van der Waals surface area contributed by atoms with Gasteiger partial charge in [-0.05, 0) is 25.7 Å². The van der Waals surface area contributed by atoms with Gasteiger partial charge in [-0.2, -0.15) is 0 Å². The molecule has 0 aliphatic rings. The van der Waals surface area contributed by atoms with E-state index in [1.54, 1.807) is 6.08 Å². The summed E-state index contributed by atoms with van der Waals surface area (Å²) in [6.07, 6.45) is 17.1. The van der Waals surface area contributed by atoms with E-state index in [0.29, 0.717) is 0 Å². The fourth-order valence-corrected chi connectivity index (χ4v) is 2.01. The van der Waals surface area contributed by atoms with Gasteiger partial charge in [-0.1, -0.05) is 51.5 Å². The molecule has 0 amide bonds. The van der Waals surface area contributed by atoms with Crippen LogP contribution < -0.4 is 0 Å². The van der Waals surface area contributed by atoms with E-state index in [9.17, 15) is 4.79 Å². The molecule has 0 aromatic rings. The quantitative estimate of drug-likeness (QED) is 0.297. The van der Waals surface area contributed by atoms with Gasteiger partial charge >= 0.3 is 5.97 Å². The third-order valence-corrected chi connectivity index (χ3v) is 3.21. The highest BCUT2D eigenvalue weighted by atomic mass is 16.4. The maximum absolute atomic E-state index is 10.2. The molecule has 0 aliphatic carbocycles. The van der Waals surface area contributed by atoms with Crippen molar-refractivity contribution in [2.45, 2.75) is 84.0 Å². The lowest BCUT2D eigenvalue weighted by molar-refractivity contribution is -0.131. The van der Waals surface area contributed by atoms with Crippen molar-refractivity contribution in [2.75, 3.05) is 0 Å². The molecule has 114 valence electrons. The standard InChI is InChI=1S/C18H30O2/c1-2-3-4-5-6-7-8-9-10-11-12-13-14-15-16-17-18(19)20/h16-17H,2-5,8-15H2,1H3,(H,19,20). The number of aliphatic carboxylic acids is 1. The maximum atomic E-state index is 10.2. The molecule has 0 saturated carbocycles. The Kier molecular flexibility index (Phi) is 14.9. The van der Waals surface area contributed by atoms with Crippen molar-refractivity contribution in [2.24, 2.45) is 0 Å². The minimum atomic E-state index is -0.846. The van der Waals surface area contributed by atoms with Crippen molar-refractivity contribution in [3.8, 4) is 11.8 Å². The Bertz CT molecular complexity index is 307. The molecule has 0 aromatic heterocycles. The second-order valence-electron chi connectivity index (χ2n) is 5.21. The molecule has 20 heavy (non-hydrogen) atoms. The van der Waals surface area contributed by atoms with Gasteiger partial charge in [0.05, 0.1) is 0 Å². The Balaban J connectivity index is 3.15. The van der Waals surface area contributed by atoms with Crippen LogP contribution >= 0.6 is 0 Å². The van der Waals surface area contributed by atoms with Crippen LogP contribution in [0.3, 0.4) is 0 Å². The van der Waals surface area contributed by atoms with Gasteiger partial charge in [-0.3, -0.25) is 0 Å². The summed E-state index contributed by atoms with van der Waals surface area (Å²) in [5.41, 5.74) is 0. The molecule has 0 rings (SSSR count). The molecule has 0 aliphatic heterocycles. The highest BCUT2D eigenvalue weighted by Gasteiger charge is 1.91. The predicted molar refractivity (Wildman–Crippen MR) is 85.6 cm³/mol. The van der Waals surface area contributed by atoms with Gasteiger partial charge in [0.1, 0.15) is 0 Å². The van der Waals surface area contributed by atoms with Gasteiger partial charge in [0, 0.05) is 18.9 Å². The summed E-state index contributed by atoms with van der Waals surface area (Å²) < 4.78 is 0. The van der Waals surface area contributed by atoms with E-state index >= 15 is 0 Å². The van der Waals surface area contributed by atoms with Crippen LogP contribution in [0.15, 0.2) is 12.2 Å². The van der Waals surface area contributed by atoms with Crippen molar-refractivity contribution in [3.63, 3.8) is 0 Å². The first-order valence-electron chi connectivity index (χ1n) is 8.12. The first-order chi connectivity index (χ1) is 9.77. The van der Waals surface area contributed by atoms with Crippen molar-refractivity contribution in [3.05, 3.63) is 12.2 Å². The smallest absolute Gasteiger partial charge is 0.327 e. The molecule has 2 heteroatoms. The number of rotatable bonds is 12. The molecule has 1 N–H and O–H groups in total. The van der Waals surface area contributed by atoms with Crippen LogP contribution in [0.1, 0.15) is 84.0 Å². The number of carboxylic acids is 1. The number of carbonyl (C=O) groups is 1. The van der Waals surface area contributed by atoms with Crippen LogP contribution in [0, 0.1) is 11.8 Å². The molecule has 0 saturated heterocycles. The Labute approximate surface area is 124 Å². The minimum Gasteiger partial charge on any atom is -0.478 e. The summed E-state index contributed by atoms with van der Waals surface area (Å²) in [4.78, 5) is 10.2. The molecule has 0 spiro atoms. The molecular formula is C18H30O2. The Morgan fingerprint density at radius 1 is 0.900 bits per heavy atom. The summed E-state index contributed by atoms with van der Waals surface area (Å²) in [7, 11) is 0. The SMILES string of the molecule is CCCCCC#CCCCCCCCCC=CC(=O)O. The molecule has 0 atom stereocenters. The van der Waals surface area contributed by atoms with E-state index in [4.69, 9.17) is 5.11 Å². The van der Waals surface area contributed by atoms with Crippen LogP contribution in [-0.2, 0) is 4.79 Å². The van der Waals surface area contributed by atoms with E-state index in [1.807, 2.05) is 0 Å². The van der Waals surface area contributed by atoms with Gasteiger partial charge in [0.25, 0.3) is 0 Å². The summed E-state index contributed by atoms with van der Waals surface area (Å²) >= 11 is 0. The summed E-state index contributed by atoms with van der Waals surface area (Å²) in [5, 5.41) is 8.42. The van der Waals surface area contributed by atoms with Gasteiger partial charge in [0.15, 0.2) is 0 Å². The molecule has 0 bridgehead atoms. The lowest BCUT2D eigenvalue weighted by atomic mass is 10.1. The highest BCUT2D eigenvalue weighted by Crippen LogP contribution is 2.08. The largest absolute Gasteiger partial charge is 0.478 e. The molecule has 0 heterocycles. The van der Waals surface area contributed by atoms with Crippen LogP contribution in [0.4, 0.5) is 0 Å². The third kappa shape index (κ3) is 16.8. The van der Waals surface area contributed by atoms with E-state index in [2.05, 4.69) is 18.8 Å². The predicted octanol–water partition coefficient (Wildman–Crippen LogP) is 5.33. The lowest BCUT2D eigenvalue weighted by Crippen LogP contribution is -1.85. The minimum absolute atomic E-state index is 0.846. The second kappa shape index (κ2) is 15.8. The van der Waals surface area contributed by atoms with E-state index < -0.39 is 5.97 Å². The lowest BCUT2D eigenvalue weighted by Gasteiger charge is -1.98. The van der Waals surface area contributed by atoms with Gasteiger partial charge < -0.3 is 5.11 Å². The number of hydrogen-bond donors (Lipinski definition) is 1. The molecule has 0 radical (unpaired) electrons. The van der Waals surface area contributed by atoms with Crippen molar-refractivity contribution in [1.82, 2.24) is 0 Å². The zero-order valence-corrected chi connectivity index (χ0v) is 13.0. The van der Waals surface area contributed by atoms with Crippen LogP contribution in [0.25, 0.3) is 0 Å². The van der Waals surface area contributed by atoms with Gasteiger partial charge in [-0.25, -0.2) is 4.79 Å². The van der Waals surface area contributed by atoms with E-state index in [1.165, 1.54) is 57.4 Å². The number of carboxylic acid groups (broad SMARTS) is 1. The summed E-state index contributed by atoms with van der Waals surface area (Å²) in [6.45, 7) is 2.22. The Morgan fingerprint density at radius 3 is 2.05 bits per heavy atom. The normalized spacial score (nSPS) is 10.4. The van der Waals surface area contributed by atoms with Crippen molar-refractivity contribution >= 4 is 5.97 Å². The fraction of sp³-hybridized carbons (Fsp3) is 0.722. The topological polar surface area (TPSA) is 37.3 Å². The Hall–Kier alpha value is -1.23. The summed E-state index contributed by atoms with van der Waals surface area (Å²) in [5.74, 6) is 5.66. The summed E-state index contributed by atoms with van der Waals surface area (Å²) in [6, 6.07) is 0. The molecular weight excluding hydrogens is 248 g/mol. The van der Waals surface area contributed by atoms with Crippen LogP contribution in [0.2, 0.25) is 0 Å². The van der Waals surface area contributed by atoms with Gasteiger partial charge in [0.2, 0.25) is 0 Å². The first-order valence-corrected chi connectivity index (χ1v) is 8.12. The first kappa shape index (κ1) is 18.8. The second-order valence-corrected chi connectivity index (χ2v) is 5.21. The van der Waals surface area contributed by atoms with E-state index in [0.717, 1.165) is 25.7 Å². The monoisotopic (exact) mass is 278 g/mol. The van der Waals surface area contributed by atoms with Gasteiger partial charge in [-0.15, -0.1) is 11.8 Å². The number of allylic oxidation sites excluding steroid dienone is 1. The molecule has 0 fully saturated rings. The zero-order chi connectivity index (χ0) is 14.9. The Morgan fingerprint density at radius 2 is 1.45 bits per heavy atom. The maximum Gasteiger partial charge on any atom is 0.327 e. The van der Waals surface area contributed by atoms with Crippen LogP contribution in [0.5, 0.6) is 0 Å². The molecule has 0 unspecified atom stereocenters. The number of hydrogen-bond acceptors (Lipinski definition) is 1. The van der Waals surface area contributed by atoms with Crippen molar-refractivity contribution in [1.29, 1.82) is 0 Å². The van der Waals surface area contributed by atoms with Crippen molar-refractivity contribution < 1.29 is 9.90 Å². The average molecular weight is 278 g/mol. The van der Waals surface area contributed by atoms with E-state index in [-0.39, 0.29) is 0 Å². The molecule has 2 nitrogen and oxygen atoms in total. The van der Waals surface area contributed by atoms with Crippen LogP contribution in [-0.4, -0.2) is 11.1 Å². The zero-order valence-electron chi connectivity index (χ0n) is 13.0. The number of unbranched alkanes of at least 4 members (excludes halogenated alkanes) is 10. The average Bonchev–Trinajstić information content (AvgIpc) is 2.43. The molecule has 0 aromatic carbocycles. The fourth-order valence-electron chi connectivity index (χ4n) is 2.01.